The van der Waals surface area contributed by atoms with Gasteiger partial charge in [0, 0.05) is 11.1 Å². The van der Waals surface area contributed by atoms with Crippen molar-refractivity contribution in [1.29, 1.82) is 0 Å². The van der Waals surface area contributed by atoms with E-state index in [0.29, 0.717) is 44.1 Å². The van der Waals surface area contributed by atoms with Gasteiger partial charge >= 0.3 is 12.1 Å². The molecular weight excluding hydrogens is 464 g/mol. The molecule has 33 heavy (non-hydrogen) atoms. The molecule has 0 spiro atoms. The molecule has 1 N–H and O–H groups in total. The van der Waals surface area contributed by atoms with Crippen LogP contribution in [0.3, 0.4) is 0 Å². The molecule has 2 heterocycles. The van der Waals surface area contributed by atoms with E-state index < -0.39 is 23.5 Å². The Morgan fingerprint density at radius 2 is 1.94 bits per heavy atom. The largest absolute Gasteiger partial charge is 0.488 e. The van der Waals surface area contributed by atoms with Crippen molar-refractivity contribution in [3.8, 4) is 16.3 Å². The zero-order chi connectivity index (χ0) is 23.9. The summed E-state index contributed by atoms with van der Waals surface area (Å²) in [6.45, 7) is 3.60. The Balaban J connectivity index is 1.54. The molecule has 0 unspecified atom stereocenters. The van der Waals surface area contributed by atoms with Crippen LogP contribution in [0.5, 0.6) is 5.75 Å². The van der Waals surface area contributed by atoms with Crippen molar-refractivity contribution in [2.24, 2.45) is 0 Å². The Morgan fingerprint density at radius 1 is 1.18 bits per heavy atom. The molecule has 4 rings (SSSR count). The lowest BCUT2D eigenvalue weighted by molar-refractivity contribution is -0.140. The second-order valence-electron chi connectivity index (χ2n) is 7.22. The topological polar surface area (TPSA) is 85.5 Å². The number of ether oxygens (including phenoxy) is 1. The standard InChI is InChI=1S/C22H16F4N2O4S/c1-10-16(6-5-15-20(10)32-18(28-15)8-19(29)30)31-9-17-11(2)27-21(33-17)12-3-4-13(14(23)7-12)22(24,25)26/h3-7H,8-9H2,1-2H3,(H,29,30). The highest BCUT2D eigenvalue weighted by Gasteiger charge is 2.34. The number of aliphatic carboxylic acids is 1. The Morgan fingerprint density at radius 3 is 2.61 bits per heavy atom. The first kappa shape index (κ1) is 22.7. The average Bonchev–Trinajstić information content (AvgIpc) is 3.29. The quantitative estimate of drug-likeness (QED) is 0.344. The number of nitrogens with zero attached hydrogens (tertiary/aromatic N) is 2. The smallest absolute Gasteiger partial charge is 0.419 e. The van der Waals surface area contributed by atoms with Gasteiger partial charge in [0.1, 0.15) is 35.1 Å². The van der Waals surface area contributed by atoms with E-state index in [1.165, 1.54) is 17.4 Å². The number of halogens is 4. The van der Waals surface area contributed by atoms with Gasteiger partial charge in [0.05, 0.1) is 16.1 Å². The van der Waals surface area contributed by atoms with E-state index >= 15 is 0 Å². The van der Waals surface area contributed by atoms with E-state index in [2.05, 4.69) is 9.97 Å². The Bertz CT molecular complexity index is 1360. The van der Waals surface area contributed by atoms with Gasteiger partial charge in [-0.2, -0.15) is 13.2 Å². The van der Waals surface area contributed by atoms with E-state index in [1.54, 1.807) is 26.0 Å². The third-order valence-corrected chi connectivity index (χ3v) is 6.06. The molecule has 0 aliphatic carbocycles. The van der Waals surface area contributed by atoms with Gasteiger partial charge in [-0.15, -0.1) is 11.3 Å². The SMILES string of the molecule is Cc1nc(-c2ccc(C(F)(F)F)c(F)c2)sc1COc1ccc2nc(CC(=O)O)oc2c1C. The van der Waals surface area contributed by atoms with Crippen LogP contribution in [-0.2, 0) is 24.0 Å². The van der Waals surface area contributed by atoms with Gasteiger partial charge in [-0.1, -0.05) is 6.07 Å². The van der Waals surface area contributed by atoms with E-state index in [-0.39, 0.29) is 24.5 Å². The number of fused-ring (bicyclic) bond motifs is 1. The summed E-state index contributed by atoms with van der Waals surface area (Å²) in [7, 11) is 0. The lowest BCUT2D eigenvalue weighted by atomic mass is 10.1. The third kappa shape index (κ3) is 4.68. The minimum atomic E-state index is -4.77. The normalized spacial score (nSPS) is 11.8. The van der Waals surface area contributed by atoms with Crippen LogP contribution in [0, 0.1) is 19.7 Å². The predicted molar refractivity (Wildman–Crippen MR) is 112 cm³/mol. The first-order chi connectivity index (χ1) is 15.5. The molecule has 0 saturated carbocycles. The molecular formula is C22H16F4N2O4S. The molecule has 6 nitrogen and oxygen atoms in total. The van der Waals surface area contributed by atoms with Crippen molar-refractivity contribution in [3.63, 3.8) is 0 Å². The van der Waals surface area contributed by atoms with Crippen molar-refractivity contribution in [2.45, 2.75) is 33.1 Å². The lowest BCUT2D eigenvalue weighted by Gasteiger charge is -2.08. The number of hydrogen-bond donors (Lipinski definition) is 1. The van der Waals surface area contributed by atoms with Gasteiger partial charge in [-0.3, -0.25) is 4.79 Å². The minimum absolute atomic E-state index is 0.0875. The molecule has 0 fully saturated rings. The number of oxazole rings is 1. The van der Waals surface area contributed by atoms with Crippen molar-refractivity contribution in [1.82, 2.24) is 9.97 Å². The molecule has 0 aliphatic rings. The predicted octanol–water partition coefficient (Wildman–Crippen LogP) is 5.93. The van der Waals surface area contributed by atoms with Gasteiger partial charge in [-0.05, 0) is 38.1 Å². The number of carbonyl (C=O) groups is 1. The maximum Gasteiger partial charge on any atom is 0.419 e. The van der Waals surface area contributed by atoms with E-state index in [4.69, 9.17) is 14.3 Å². The minimum Gasteiger partial charge on any atom is -0.488 e. The van der Waals surface area contributed by atoms with E-state index in [1.807, 2.05) is 0 Å². The number of aryl methyl sites for hydroxylation is 2. The van der Waals surface area contributed by atoms with Crippen LogP contribution in [0.15, 0.2) is 34.7 Å². The molecule has 4 aromatic rings. The number of benzene rings is 2. The van der Waals surface area contributed by atoms with Crippen LogP contribution in [0.2, 0.25) is 0 Å². The van der Waals surface area contributed by atoms with Crippen molar-refractivity contribution < 1.29 is 36.6 Å². The maximum atomic E-state index is 13.9. The monoisotopic (exact) mass is 480 g/mol. The number of aromatic nitrogens is 2. The Hall–Kier alpha value is -3.47. The first-order valence-electron chi connectivity index (χ1n) is 9.60. The summed E-state index contributed by atoms with van der Waals surface area (Å²) in [6.07, 6.45) is -5.10. The zero-order valence-corrected chi connectivity index (χ0v) is 18.1. The Labute approximate surface area is 188 Å². The molecule has 0 amide bonds. The highest BCUT2D eigenvalue weighted by molar-refractivity contribution is 7.15. The van der Waals surface area contributed by atoms with Crippen LogP contribution in [-0.4, -0.2) is 21.0 Å². The van der Waals surface area contributed by atoms with Crippen molar-refractivity contribution in [2.75, 3.05) is 0 Å². The summed E-state index contributed by atoms with van der Waals surface area (Å²) < 4.78 is 63.7. The van der Waals surface area contributed by atoms with Gasteiger partial charge in [0.15, 0.2) is 5.58 Å². The fraction of sp³-hybridized carbons (Fsp3) is 0.227. The molecule has 0 bridgehead atoms. The highest BCUT2D eigenvalue weighted by Crippen LogP contribution is 2.36. The van der Waals surface area contributed by atoms with Crippen LogP contribution < -0.4 is 4.74 Å². The third-order valence-electron chi connectivity index (χ3n) is 4.88. The molecule has 0 aliphatic heterocycles. The summed E-state index contributed by atoms with van der Waals surface area (Å²) in [6, 6.07) is 6.05. The van der Waals surface area contributed by atoms with Crippen LogP contribution >= 0.6 is 11.3 Å². The number of hydrogen-bond acceptors (Lipinski definition) is 6. The molecule has 0 atom stereocenters. The number of rotatable bonds is 6. The average molecular weight is 480 g/mol. The van der Waals surface area contributed by atoms with Crippen LogP contribution in [0.25, 0.3) is 21.7 Å². The Kier molecular flexibility index (Phi) is 5.83. The molecule has 2 aromatic heterocycles. The molecule has 2 aromatic carbocycles. The summed E-state index contributed by atoms with van der Waals surface area (Å²) in [4.78, 5) is 20.1. The van der Waals surface area contributed by atoms with E-state index in [0.717, 1.165) is 6.07 Å². The summed E-state index contributed by atoms with van der Waals surface area (Å²) >= 11 is 1.19. The highest BCUT2D eigenvalue weighted by atomic mass is 32.1. The van der Waals surface area contributed by atoms with Gasteiger partial charge in [0.25, 0.3) is 0 Å². The zero-order valence-electron chi connectivity index (χ0n) is 17.3. The lowest BCUT2D eigenvalue weighted by Crippen LogP contribution is -2.07. The van der Waals surface area contributed by atoms with Crippen LogP contribution in [0.4, 0.5) is 17.6 Å². The summed E-state index contributed by atoms with van der Waals surface area (Å²) in [5, 5.41) is 9.28. The second-order valence-corrected chi connectivity index (χ2v) is 8.31. The number of thiazole rings is 1. The van der Waals surface area contributed by atoms with Gasteiger partial charge in [0.2, 0.25) is 5.89 Å². The summed E-state index contributed by atoms with van der Waals surface area (Å²) in [5.74, 6) is -1.83. The number of carboxylic acids is 1. The second kappa shape index (κ2) is 8.47. The fourth-order valence-corrected chi connectivity index (χ4v) is 4.19. The molecule has 0 radical (unpaired) electrons. The van der Waals surface area contributed by atoms with Crippen molar-refractivity contribution >= 4 is 28.4 Å². The number of alkyl halides is 3. The first-order valence-corrected chi connectivity index (χ1v) is 10.4. The van der Waals surface area contributed by atoms with Gasteiger partial charge < -0.3 is 14.3 Å². The van der Waals surface area contributed by atoms with Crippen LogP contribution in [0.1, 0.15) is 27.6 Å². The molecule has 172 valence electrons. The molecule has 11 heteroatoms. The maximum absolute atomic E-state index is 13.9. The van der Waals surface area contributed by atoms with E-state index in [9.17, 15) is 22.4 Å². The fourth-order valence-electron chi connectivity index (χ4n) is 3.22. The molecule has 0 saturated heterocycles. The van der Waals surface area contributed by atoms with Crippen molar-refractivity contribution in [3.05, 3.63) is 63.7 Å². The van der Waals surface area contributed by atoms with Gasteiger partial charge in [-0.25, -0.2) is 14.4 Å². The summed E-state index contributed by atoms with van der Waals surface area (Å²) in [5.41, 5.74) is 1.10. The number of carboxylic acid groups (broad SMARTS) is 1.